The third kappa shape index (κ3) is 4.37. The van der Waals surface area contributed by atoms with Gasteiger partial charge in [-0.05, 0) is 24.5 Å². The molecule has 156 valence electrons. The number of hydrogen-bond donors (Lipinski definition) is 1. The standard InChI is InChI=1S/C24H27N3O3/c1-27-20-15-9-8-14-19(20)21(18-12-6-3-7-13-18)25-22(23(27)28)26-24(29)30-16-17-10-4-2-5-11-17/h2,4-5,8-11,14-15,18,22H,3,6-7,12-13,16H2,1H3,(H,26,29). The molecule has 1 aliphatic carbocycles. The summed E-state index contributed by atoms with van der Waals surface area (Å²) in [7, 11) is 1.73. The van der Waals surface area contributed by atoms with Crippen LogP contribution in [0.1, 0.15) is 43.2 Å². The quantitative estimate of drug-likeness (QED) is 0.825. The molecule has 0 spiro atoms. The van der Waals surface area contributed by atoms with E-state index < -0.39 is 12.3 Å². The van der Waals surface area contributed by atoms with E-state index >= 15 is 0 Å². The number of likely N-dealkylation sites (N-methyl/N-ethyl adjacent to an activating group) is 1. The Hall–Kier alpha value is -3.15. The number of carbonyl (C=O) groups excluding carboxylic acids is 2. The number of para-hydroxylation sites is 1. The fraction of sp³-hybridized carbons (Fsp3) is 0.375. The van der Waals surface area contributed by atoms with Crippen molar-refractivity contribution in [1.29, 1.82) is 0 Å². The van der Waals surface area contributed by atoms with Gasteiger partial charge in [0.25, 0.3) is 5.91 Å². The smallest absolute Gasteiger partial charge is 0.409 e. The maximum atomic E-state index is 13.1. The lowest BCUT2D eigenvalue weighted by Gasteiger charge is -2.24. The lowest BCUT2D eigenvalue weighted by atomic mass is 9.83. The number of alkyl carbamates (subject to hydrolysis) is 1. The second-order valence-electron chi connectivity index (χ2n) is 7.87. The van der Waals surface area contributed by atoms with Crippen LogP contribution in [-0.2, 0) is 16.1 Å². The summed E-state index contributed by atoms with van der Waals surface area (Å²) in [6.45, 7) is 0.142. The number of hydrogen-bond acceptors (Lipinski definition) is 4. The molecule has 1 heterocycles. The van der Waals surface area contributed by atoms with Crippen LogP contribution in [0.2, 0.25) is 0 Å². The summed E-state index contributed by atoms with van der Waals surface area (Å²) in [5.74, 6) is 0.0220. The third-order valence-corrected chi connectivity index (χ3v) is 5.83. The molecule has 2 aromatic carbocycles. The van der Waals surface area contributed by atoms with Crippen LogP contribution >= 0.6 is 0 Å². The molecular formula is C24H27N3O3. The second kappa shape index (κ2) is 9.11. The van der Waals surface area contributed by atoms with Crippen LogP contribution < -0.4 is 10.2 Å². The van der Waals surface area contributed by atoms with Crippen LogP contribution in [0.4, 0.5) is 10.5 Å². The van der Waals surface area contributed by atoms with Crippen LogP contribution in [0.25, 0.3) is 0 Å². The average molecular weight is 405 g/mol. The average Bonchev–Trinajstić information content (AvgIpc) is 2.90. The van der Waals surface area contributed by atoms with Crippen LogP contribution in [0.3, 0.4) is 0 Å². The zero-order valence-electron chi connectivity index (χ0n) is 17.2. The van der Waals surface area contributed by atoms with E-state index in [9.17, 15) is 9.59 Å². The predicted octanol–water partition coefficient (Wildman–Crippen LogP) is 4.28. The highest BCUT2D eigenvalue weighted by atomic mass is 16.5. The van der Waals surface area contributed by atoms with Gasteiger partial charge in [0, 0.05) is 18.5 Å². The highest BCUT2D eigenvalue weighted by Gasteiger charge is 2.33. The molecular weight excluding hydrogens is 378 g/mol. The van der Waals surface area contributed by atoms with Gasteiger partial charge >= 0.3 is 6.09 Å². The topological polar surface area (TPSA) is 71.0 Å². The number of fused-ring (bicyclic) bond motifs is 1. The van der Waals surface area contributed by atoms with Gasteiger partial charge in [0.1, 0.15) is 6.61 Å². The number of nitrogens with one attached hydrogen (secondary N) is 1. The number of aliphatic imine (C=N–C) groups is 1. The molecule has 6 heteroatoms. The van der Waals surface area contributed by atoms with Gasteiger partial charge in [-0.2, -0.15) is 0 Å². The molecule has 6 nitrogen and oxygen atoms in total. The Kier molecular flexibility index (Phi) is 6.12. The molecule has 0 saturated heterocycles. The van der Waals surface area contributed by atoms with Gasteiger partial charge in [-0.3, -0.25) is 15.1 Å². The largest absolute Gasteiger partial charge is 0.445 e. The number of ether oxygens (including phenoxy) is 1. The van der Waals surface area contributed by atoms with E-state index in [1.807, 2.05) is 54.6 Å². The highest BCUT2D eigenvalue weighted by Crippen LogP contribution is 2.33. The van der Waals surface area contributed by atoms with E-state index in [2.05, 4.69) is 5.32 Å². The van der Waals surface area contributed by atoms with E-state index in [0.29, 0.717) is 5.92 Å². The first-order chi connectivity index (χ1) is 14.6. The molecule has 1 fully saturated rings. The summed E-state index contributed by atoms with van der Waals surface area (Å²) in [6, 6.07) is 17.3. The normalized spacial score (nSPS) is 19.5. The third-order valence-electron chi connectivity index (χ3n) is 5.83. The van der Waals surface area contributed by atoms with Crippen LogP contribution in [0, 0.1) is 5.92 Å². The van der Waals surface area contributed by atoms with E-state index in [0.717, 1.165) is 48.2 Å². The Bertz CT molecular complexity index is 936. The van der Waals surface area contributed by atoms with Crippen molar-refractivity contribution in [3.05, 3.63) is 65.7 Å². The van der Waals surface area contributed by atoms with Gasteiger partial charge in [0.05, 0.1) is 11.4 Å². The van der Waals surface area contributed by atoms with E-state index in [-0.39, 0.29) is 12.5 Å². The van der Waals surface area contributed by atoms with Gasteiger partial charge in [-0.25, -0.2) is 4.79 Å². The second-order valence-corrected chi connectivity index (χ2v) is 7.87. The zero-order chi connectivity index (χ0) is 20.9. The molecule has 2 aromatic rings. The predicted molar refractivity (Wildman–Crippen MR) is 117 cm³/mol. The highest BCUT2D eigenvalue weighted by molar-refractivity contribution is 6.13. The minimum absolute atomic E-state index is 0.142. The van der Waals surface area contributed by atoms with Crippen molar-refractivity contribution in [1.82, 2.24) is 5.32 Å². The summed E-state index contributed by atoms with van der Waals surface area (Å²) in [5.41, 5.74) is 3.60. The summed E-state index contributed by atoms with van der Waals surface area (Å²) in [6.07, 6.45) is 4.01. The fourth-order valence-electron chi connectivity index (χ4n) is 4.22. The first-order valence-electron chi connectivity index (χ1n) is 10.6. The van der Waals surface area contributed by atoms with Crippen LogP contribution in [0.15, 0.2) is 59.6 Å². The molecule has 0 radical (unpaired) electrons. The minimum Gasteiger partial charge on any atom is -0.445 e. The van der Waals surface area contributed by atoms with Crippen molar-refractivity contribution >= 4 is 23.4 Å². The van der Waals surface area contributed by atoms with Gasteiger partial charge in [0.15, 0.2) is 0 Å². The molecule has 1 atom stereocenters. The van der Waals surface area contributed by atoms with Gasteiger partial charge < -0.3 is 9.64 Å². The van der Waals surface area contributed by atoms with Crippen molar-refractivity contribution in [2.24, 2.45) is 10.9 Å². The molecule has 1 unspecified atom stereocenters. The molecule has 2 aliphatic rings. The number of benzene rings is 2. The van der Waals surface area contributed by atoms with E-state index in [4.69, 9.17) is 9.73 Å². The number of carbonyl (C=O) groups is 2. The Morgan fingerprint density at radius 1 is 1.07 bits per heavy atom. The summed E-state index contributed by atoms with van der Waals surface area (Å²) in [4.78, 5) is 31.9. The monoisotopic (exact) mass is 405 g/mol. The first-order valence-corrected chi connectivity index (χ1v) is 10.6. The maximum Gasteiger partial charge on any atom is 0.409 e. The maximum absolute atomic E-state index is 13.1. The van der Waals surface area contributed by atoms with E-state index in [1.165, 1.54) is 6.42 Å². The number of amides is 2. The van der Waals surface area contributed by atoms with Gasteiger partial charge in [0.2, 0.25) is 6.17 Å². The first kappa shape index (κ1) is 20.1. The van der Waals surface area contributed by atoms with Gasteiger partial charge in [-0.15, -0.1) is 0 Å². The molecule has 1 saturated carbocycles. The number of benzodiazepines with no additional fused rings is 1. The van der Waals surface area contributed by atoms with E-state index in [1.54, 1.807) is 11.9 Å². The number of nitrogens with zero attached hydrogens (tertiary/aromatic N) is 2. The zero-order valence-corrected chi connectivity index (χ0v) is 17.2. The van der Waals surface area contributed by atoms with Gasteiger partial charge in [-0.1, -0.05) is 67.8 Å². The number of rotatable bonds is 4. The molecule has 4 rings (SSSR count). The SMILES string of the molecule is CN1C(=O)C(NC(=O)OCc2ccccc2)N=C(C2CCCCC2)c2ccccc21. The van der Waals surface area contributed by atoms with Crippen molar-refractivity contribution in [3.8, 4) is 0 Å². The lowest BCUT2D eigenvalue weighted by molar-refractivity contribution is -0.120. The Balaban J connectivity index is 1.57. The molecule has 1 N–H and O–H groups in total. The van der Waals surface area contributed by atoms with Crippen LogP contribution in [0.5, 0.6) is 0 Å². The Labute approximate surface area is 176 Å². The molecule has 0 bridgehead atoms. The lowest BCUT2D eigenvalue weighted by Crippen LogP contribution is -2.46. The minimum atomic E-state index is -0.998. The molecule has 1 aliphatic heterocycles. The Morgan fingerprint density at radius 2 is 1.77 bits per heavy atom. The fourth-order valence-corrected chi connectivity index (χ4v) is 4.22. The Morgan fingerprint density at radius 3 is 2.53 bits per heavy atom. The van der Waals surface area contributed by atoms with Crippen LogP contribution in [-0.4, -0.2) is 30.9 Å². The van der Waals surface area contributed by atoms with Crippen molar-refractivity contribution < 1.29 is 14.3 Å². The van der Waals surface area contributed by atoms with Crippen molar-refractivity contribution in [2.75, 3.05) is 11.9 Å². The molecule has 2 amide bonds. The van der Waals surface area contributed by atoms with Crippen molar-refractivity contribution in [3.63, 3.8) is 0 Å². The summed E-state index contributed by atoms with van der Waals surface area (Å²) < 4.78 is 5.32. The molecule has 30 heavy (non-hydrogen) atoms. The summed E-state index contributed by atoms with van der Waals surface area (Å²) in [5, 5.41) is 2.67. The summed E-state index contributed by atoms with van der Waals surface area (Å²) >= 11 is 0. The number of anilines is 1. The molecule has 0 aromatic heterocycles. The van der Waals surface area contributed by atoms with Crippen molar-refractivity contribution in [2.45, 2.75) is 44.9 Å².